The monoisotopic (exact) mass is 394 g/mol. The van der Waals surface area contributed by atoms with E-state index in [0.717, 1.165) is 16.7 Å². The van der Waals surface area contributed by atoms with Gasteiger partial charge in [-0.25, -0.2) is 0 Å². The molecule has 29 heavy (non-hydrogen) atoms. The lowest BCUT2D eigenvalue weighted by molar-refractivity contribution is -0.102. The molecule has 1 unspecified atom stereocenters. The molecule has 2 aromatic rings. The maximum Gasteiger partial charge on any atom is 0.220 e. The van der Waals surface area contributed by atoms with Crippen molar-refractivity contribution in [3.05, 3.63) is 46.8 Å². The van der Waals surface area contributed by atoms with Crippen molar-refractivity contribution >= 4 is 0 Å². The van der Waals surface area contributed by atoms with Gasteiger partial charge < -0.3 is 18.9 Å². The molecule has 152 valence electrons. The molecule has 1 aliphatic carbocycles. The zero-order valence-corrected chi connectivity index (χ0v) is 16.9. The summed E-state index contributed by atoms with van der Waals surface area (Å²) in [5.74, 6) is 8.72. The summed E-state index contributed by atoms with van der Waals surface area (Å²) in [5.41, 5.74) is 3.32. The van der Waals surface area contributed by atoms with Crippen molar-refractivity contribution in [1.29, 1.82) is 0 Å². The van der Waals surface area contributed by atoms with Gasteiger partial charge in [0.05, 0.1) is 25.9 Å². The van der Waals surface area contributed by atoms with Crippen LogP contribution in [0.15, 0.2) is 24.3 Å². The van der Waals surface area contributed by atoms with Crippen molar-refractivity contribution in [3.63, 3.8) is 0 Å². The van der Waals surface area contributed by atoms with E-state index in [2.05, 4.69) is 40.9 Å². The van der Waals surface area contributed by atoms with Crippen LogP contribution in [0.4, 0.5) is 0 Å². The van der Waals surface area contributed by atoms with Crippen molar-refractivity contribution in [2.75, 3.05) is 26.4 Å². The van der Waals surface area contributed by atoms with E-state index in [-0.39, 0.29) is 6.10 Å². The summed E-state index contributed by atoms with van der Waals surface area (Å²) in [6.07, 6.45) is 2.40. The third-order valence-corrected chi connectivity index (χ3v) is 4.81. The largest absolute Gasteiger partial charge is 0.475 e. The highest BCUT2D eigenvalue weighted by atomic mass is 16.6. The summed E-state index contributed by atoms with van der Waals surface area (Å²) in [6, 6.07) is 7.94. The lowest BCUT2D eigenvalue weighted by atomic mass is 10.1. The van der Waals surface area contributed by atoms with Gasteiger partial charge in [-0.05, 0) is 49.9 Å². The molecular formula is C23H26N2O4. The number of ether oxygens (including phenoxy) is 4. The molecule has 0 radical (unpaired) electrons. The third-order valence-electron chi connectivity index (χ3n) is 4.81. The average Bonchev–Trinajstić information content (AvgIpc) is 3.55. The highest BCUT2D eigenvalue weighted by Gasteiger charge is 2.18. The Hall–Kier alpha value is -2.62. The first-order chi connectivity index (χ1) is 14.2. The zero-order chi connectivity index (χ0) is 20.1. The van der Waals surface area contributed by atoms with Crippen LogP contribution in [0.25, 0.3) is 0 Å². The number of hydrogen-bond acceptors (Lipinski definition) is 6. The Morgan fingerprint density at radius 1 is 1.07 bits per heavy atom. The molecule has 4 rings (SSSR count). The SMILES string of the molecule is Cc1nc(OCc2ccc(C#CC3CC3)cc2C)cc(OCC2COCCO2)n1. The molecule has 1 aromatic heterocycles. The van der Waals surface area contributed by atoms with Crippen molar-refractivity contribution < 1.29 is 18.9 Å². The molecule has 6 nitrogen and oxygen atoms in total. The van der Waals surface area contributed by atoms with E-state index >= 15 is 0 Å². The summed E-state index contributed by atoms with van der Waals surface area (Å²) < 4.78 is 22.6. The predicted molar refractivity (Wildman–Crippen MR) is 108 cm³/mol. The van der Waals surface area contributed by atoms with Gasteiger partial charge in [-0.3, -0.25) is 0 Å². The van der Waals surface area contributed by atoms with E-state index in [1.165, 1.54) is 12.8 Å². The second-order valence-electron chi connectivity index (χ2n) is 7.44. The van der Waals surface area contributed by atoms with E-state index in [1.54, 1.807) is 6.07 Å². The quantitative estimate of drug-likeness (QED) is 0.701. The topological polar surface area (TPSA) is 62.7 Å². The van der Waals surface area contributed by atoms with Crippen LogP contribution in [-0.4, -0.2) is 42.5 Å². The van der Waals surface area contributed by atoms with Crippen molar-refractivity contribution in [2.45, 2.75) is 39.4 Å². The fraction of sp³-hybridized carbons (Fsp3) is 0.478. The number of rotatable bonds is 6. The summed E-state index contributed by atoms with van der Waals surface area (Å²) >= 11 is 0. The van der Waals surface area contributed by atoms with Crippen molar-refractivity contribution in [2.24, 2.45) is 5.92 Å². The van der Waals surface area contributed by atoms with Crippen LogP contribution >= 0.6 is 0 Å². The van der Waals surface area contributed by atoms with E-state index in [4.69, 9.17) is 18.9 Å². The van der Waals surface area contributed by atoms with Crippen LogP contribution in [0.3, 0.4) is 0 Å². The molecule has 1 aromatic carbocycles. The smallest absolute Gasteiger partial charge is 0.220 e. The molecule has 1 atom stereocenters. The Morgan fingerprint density at radius 3 is 2.62 bits per heavy atom. The van der Waals surface area contributed by atoms with Crippen LogP contribution < -0.4 is 9.47 Å². The van der Waals surface area contributed by atoms with Gasteiger partial charge in [-0.2, -0.15) is 9.97 Å². The molecule has 1 saturated carbocycles. The summed E-state index contributed by atoms with van der Waals surface area (Å²) in [6.45, 7) is 6.47. The molecule has 1 saturated heterocycles. The van der Waals surface area contributed by atoms with Gasteiger partial charge in [0.2, 0.25) is 11.8 Å². The van der Waals surface area contributed by atoms with E-state index < -0.39 is 0 Å². The number of aromatic nitrogens is 2. The number of aryl methyl sites for hydroxylation is 2. The second-order valence-corrected chi connectivity index (χ2v) is 7.44. The summed E-state index contributed by atoms with van der Waals surface area (Å²) in [5, 5.41) is 0. The van der Waals surface area contributed by atoms with Crippen LogP contribution in [0.5, 0.6) is 11.8 Å². The molecule has 2 aliphatic rings. The first kappa shape index (κ1) is 19.7. The van der Waals surface area contributed by atoms with Gasteiger partial charge in [0.15, 0.2) is 0 Å². The highest BCUT2D eigenvalue weighted by Crippen LogP contribution is 2.27. The molecular weight excluding hydrogens is 368 g/mol. The highest BCUT2D eigenvalue weighted by molar-refractivity contribution is 5.41. The summed E-state index contributed by atoms with van der Waals surface area (Å²) in [4.78, 5) is 8.67. The van der Waals surface area contributed by atoms with E-state index in [0.29, 0.717) is 56.5 Å². The minimum atomic E-state index is -0.0763. The third kappa shape index (κ3) is 5.93. The zero-order valence-electron chi connectivity index (χ0n) is 16.9. The number of nitrogens with zero attached hydrogens (tertiary/aromatic N) is 2. The van der Waals surface area contributed by atoms with Crippen molar-refractivity contribution in [3.8, 4) is 23.6 Å². The maximum absolute atomic E-state index is 5.91. The first-order valence-electron chi connectivity index (χ1n) is 10.1. The van der Waals surface area contributed by atoms with Gasteiger partial charge in [0.1, 0.15) is 25.1 Å². The Kier molecular flexibility index (Phi) is 6.28. The van der Waals surface area contributed by atoms with Gasteiger partial charge in [-0.1, -0.05) is 17.9 Å². The minimum absolute atomic E-state index is 0.0763. The number of benzene rings is 1. The van der Waals surface area contributed by atoms with E-state index in [1.807, 2.05) is 13.0 Å². The molecule has 0 bridgehead atoms. The molecule has 0 amide bonds. The van der Waals surface area contributed by atoms with Crippen LogP contribution in [0, 0.1) is 31.6 Å². The molecule has 0 spiro atoms. The lowest BCUT2D eigenvalue weighted by Crippen LogP contribution is -2.33. The first-order valence-corrected chi connectivity index (χ1v) is 10.1. The molecule has 2 heterocycles. The van der Waals surface area contributed by atoms with Gasteiger partial charge in [-0.15, -0.1) is 0 Å². The van der Waals surface area contributed by atoms with Gasteiger partial charge in [0, 0.05) is 11.5 Å². The van der Waals surface area contributed by atoms with Gasteiger partial charge in [0.25, 0.3) is 0 Å². The Morgan fingerprint density at radius 2 is 1.90 bits per heavy atom. The van der Waals surface area contributed by atoms with Crippen LogP contribution in [0.2, 0.25) is 0 Å². The summed E-state index contributed by atoms with van der Waals surface area (Å²) in [7, 11) is 0. The van der Waals surface area contributed by atoms with Crippen molar-refractivity contribution in [1.82, 2.24) is 9.97 Å². The molecule has 1 aliphatic heterocycles. The van der Waals surface area contributed by atoms with Crippen LogP contribution in [-0.2, 0) is 16.1 Å². The maximum atomic E-state index is 5.91. The Balaban J connectivity index is 1.35. The molecule has 6 heteroatoms. The predicted octanol–water partition coefficient (Wildman–Crippen LogP) is 3.23. The second kappa shape index (κ2) is 9.25. The molecule has 2 fully saturated rings. The van der Waals surface area contributed by atoms with E-state index in [9.17, 15) is 0 Å². The fourth-order valence-electron chi connectivity index (χ4n) is 2.97. The molecule has 0 N–H and O–H groups in total. The Bertz CT molecular complexity index is 909. The Labute approximate surface area is 171 Å². The van der Waals surface area contributed by atoms with Gasteiger partial charge >= 0.3 is 0 Å². The normalized spacial score (nSPS) is 18.6. The minimum Gasteiger partial charge on any atom is -0.475 e. The fourth-order valence-corrected chi connectivity index (χ4v) is 2.97. The standard InChI is InChI=1S/C23H26N2O4/c1-16-11-19(6-5-18-3-4-18)7-8-20(16)13-28-22-12-23(25-17(2)24-22)29-15-21-14-26-9-10-27-21/h7-8,11-12,18,21H,3-4,9-10,13-15H2,1-2H3. The lowest BCUT2D eigenvalue weighted by Gasteiger charge is -2.22. The van der Waals surface area contributed by atoms with Crippen LogP contribution in [0.1, 0.15) is 35.4 Å². The average molecular weight is 394 g/mol. The number of hydrogen-bond donors (Lipinski definition) is 0.